The average molecular weight is 496 g/mol. The average Bonchev–Trinajstić information content (AvgIpc) is 3.09. The van der Waals surface area contributed by atoms with Crippen molar-refractivity contribution in [1.82, 2.24) is 4.90 Å². The van der Waals surface area contributed by atoms with Crippen molar-refractivity contribution in [1.29, 1.82) is 0 Å². The highest BCUT2D eigenvalue weighted by Gasteiger charge is 2.36. The largest absolute Gasteiger partial charge is 0.481 e. The molecule has 3 aromatic carbocycles. The number of carboxylic acids is 1. The molecule has 1 aliphatic heterocycles. The summed E-state index contributed by atoms with van der Waals surface area (Å²) >= 11 is 5.73. The Balaban J connectivity index is 1.35. The third kappa shape index (κ3) is 5.26. The van der Waals surface area contributed by atoms with Crippen molar-refractivity contribution < 1.29 is 29.0 Å². The van der Waals surface area contributed by atoms with Crippen molar-refractivity contribution in [2.75, 3.05) is 6.54 Å². The molecule has 6 nitrogen and oxygen atoms in total. The zero-order valence-electron chi connectivity index (χ0n) is 18.7. The summed E-state index contributed by atoms with van der Waals surface area (Å²) in [5.41, 5.74) is 2.96. The van der Waals surface area contributed by atoms with E-state index in [4.69, 9.17) is 11.6 Å². The summed E-state index contributed by atoms with van der Waals surface area (Å²) in [6.07, 6.45) is -0.600. The van der Waals surface area contributed by atoms with Gasteiger partial charge in [0, 0.05) is 6.54 Å². The number of carbonyl (C=O) groups is 3. The number of fused-ring (bicyclic) bond motifs is 1. The highest BCUT2D eigenvalue weighted by atomic mass is 35.5. The number of aryl methyl sites for hydroxylation is 1. The number of nitrogens with zero attached hydrogens (tertiary/aromatic N) is 1. The minimum absolute atomic E-state index is 0.0512. The van der Waals surface area contributed by atoms with Gasteiger partial charge < -0.3 is 10.2 Å². The number of imide groups is 1. The zero-order valence-corrected chi connectivity index (χ0v) is 19.4. The summed E-state index contributed by atoms with van der Waals surface area (Å²) in [4.78, 5) is 37.8. The SMILES string of the molecule is O=C(O)C(CCN1C(=O)c2ccccc2C1=O)C(O)CCc1ccc(-c2ccc(Cl)c(F)c2)cc1. The Morgan fingerprint density at radius 2 is 1.51 bits per heavy atom. The molecule has 2 atom stereocenters. The van der Waals surface area contributed by atoms with Crippen molar-refractivity contribution in [3.63, 3.8) is 0 Å². The first kappa shape index (κ1) is 24.6. The van der Waals surface area contributed by atoms with Gasteiger partial charge in [0.15, 0.2) is 0 Å². The van der Waals surface area contributed by atoms with Gasteiger partial charge in [-0.05, 0) is 60.2 Å². The third-order valence-corrected chi connectivity index (χ3v) is 6.57. The van der Waals surface area contributed by atoms with Crippen LogP contribution in [0.5, 0.6) is 0 Å². The molecule has 0 radical (unpaired) electrons. The summed E-state index contributed by atoms with van der Waals surface area (Å²) < 4.78 is 13.7. The smallest absolute Gasteiger partial charge is 0.309 e. The van der Waals surface area contributed by atoms with Crippen LogP contribution in [0.25, 0.3) is 11.1 Å². The van der Waals surface area contributed by atoms with Crippen LogP contribution in [0, 0.1) is 11.7 Å². The van der Waals surface area contributed by atoms with Crippen molar-refractivity contribution >= 4 is 29.4 Å². The Morgan fingerprint density at radius 3 is 2.09 bits per heavy atom. The molecule has 180 valence electrons. The van der Waals surface area contributed by atoms with E-state index in [2.05, 4.69) is 0 Å². The van der Waals surface area contributed by atoms with Crippen molar-refractivity contribution in [3.8, 4) is 11.1 Å². The van der Waals surface area contributed by atoms with Crippen molar-refractivity contribution in [3.05, 3.63) is 94.3 Å². The molecular weight excluding hydrogens is 473 g/mol. The van der Waals surface area contributed by atoms with Gasteiger partial charge in [0.05, 0.1) is 28.2 Å². The van der Waals surface area contributed by atoms with Crippen molar-refractivity contribution in [2.45, 2.75) is 25.4 Å². The summed E-state index contributed by atoms with van der Waals surface area (Å²) in [7, 11) is 0. The second-order valence-electron chi connectivity index (χ2n) is 8.47. The molecule has 0 aromatic heterocycles. The molecule has 0 saturated carbocycles. The Bertz CT molecular complexity index is 1240. The molecule has 0 saturated heterocycles. The molecule has 4 rings (SSSR count). The van der Waals surface area contributed by atoms with E-state index in [1.54, 1.807) is 30.3 Å². The fourth-order valence-electron chi connectivity index (χ4n) is 4.25. The minimum Gasteiger partial charge on any atom is -0.481 e. The number of amides is 2. The van der Waals surface area contributed by atoms with Crippen LogP contribution in [0.3, 0.4) is 0 Å². The lowest BCUT2D eigenvalue weighted by Crippen LogP contribution is -2.36. The molecule has 2 amide bonds. The number of halogens is 2. The predicted molar refractivity (Wildman–Crippen MR) is 129 cm³/mol. The maximum atomic E-state index is 13.7. The number of hydrogen-bond acceptors (Lipinski definition) is 4. The Hall–Kier alpha value is -3.55. The number of hydrogen-bond donors (Lipinski definition) is 2. The van der Waals surface area contributed by atoms with Crippen LogP contribution in [-0.2, 0) is 11.2 Å². The first-order chi connectivity index (χ1) is 16.8. The van der Waals surface area contributed by atoms with Crippen LogP contribution in [0.4, 0.5) is 4.39 Å². The normalized spacial score (nSPS) is 14.7. The minimum atomic E-state index is -1.19. The van der Waals surface area contributed by atoms with Gasteiger partial charge in [-0.15, -0.1) is 0 Å². The van der Waals surface area contributed by atoms with E-state index in [9.17, 15) is 29.0 Å². The Kier molecular flexibility index (Phi) is 7.28. The molecule has 1 heterocycles. The molecule has 35 heavy (non-hydrogen) atoms. The molecule has 2 N–H and O–H groups in total. The van der Waals surface area contributed by atoms with E-state index >= 15 is 0 Å². The lowest BCUT2D eigenvalue weighted by molar-refractivity contribution is -0.146. The molecule has 0 aliphatic carbocycles. The van der Waals surface area contributed by atoms with E-state index in [1.165, 1.54) is 12.1 Å². The van der Waals surface area contributed by atoms with E-state index in [0.29, 0.717) is 23.1 Å². The number of carboxylic acid groups (broad SMARTS) is 1. The molecule has 0 fully saturated rings. The van der Waals surface area contributed by atoms with Crippen LogP contribution in [0.15, 0.2) is 66.7 Å². The van der Waals surface area contributed by atoms with Crippen LogP contribution < -0.4 is 0 Å². The fourth-order valence-corrected chi connectivity index (χ4v) is 4.36. The Morgan fingerprint density at radius 1 is 0.914 bits per heavy atom. The zero-order chi connectivity index (χ0) is 25.1. The van der Waals surface area contributed by atoms with Gasteiger partial charge in [-0.25, -0.2) is 4.39 Å². The summed E-state index contributed by atoms with van der Waals surface area (Å²) in [5.74, 6) is -3.73. The molecule has 1 aliphatic rings. The summed E-state index contributed by atoms with van der Waals surface area (Å²) in [6, 6.07) is 18.3. The number of aliphatic carboxylic acids is 1. The predicted octanol–water partition coefficient (Wildman–Crippen LogP) is 4.83. The maximum absolute atomic E-state index is 13.7. The standard InChI is InChI=1S/C27H23ClFNO5/c28-22-11-10-18(15-23(22)29)17-8-5-16(6-9-17)7-12-24(31)21(27(34)35)13-14-30-25(32)19-3-1-2-4-20(19)26(30)33/h1-6,8-11,15,21,24,31H,7,12-14H2,(H,34,35). The molecule has 0 bridgehead atoms. The van der Waals surface area contributed by atoms with Crippen molar-refractivity contribution in [2.24, 2.45) is 5.92 Å². The number of benzene rings is 3. The van der Waals surface area contributed by atoms with Gasteiger partial charge in [0.25, 0.3) is 11.8 Å². The number of aliphatic hydroxyl groups excluding tert-OH is 1. The molecule has 2 unspecified atom stereocenters. The van der Waals surface area contributed by atoms with Gasteiger partial charge in [0.1, 0.15) is 5.82 Å². The summed E-state index contributed by atoms with van der Waals surface area (Å²) in [5, 5.41) is 20.3. The first-order valence-electron chi connectivity index (χ1n) is 11.2. The number of carbonyl (C=O) groups excluding carboxylic acids is 2. The van der Waals surface area contributed by atoms with Crippen LogP contribution >= 0.6 is 11.6 Å². The Labute approximate surface area is 206 Å². The van der Waals surface area contributed by atoms with Crippen LogP contribution in [0.2, 0.25) is 5.02 Å². The van der Waals surface area contributed by atoms with Gasteiger partial charge >= 0.3 is 5.97 Å². The van der Waals surface area contributed by atoms with Gasteiger partial charge in [-0.2, -0.15) is 0 Å². The third-order valence-electron chi connectivity index (χ3n) is 6.26. The highest BCUT2D eigenvalue weighted by Crippen LogP contribution is 2.26. The quantitative estimate of drug-likeness (QED) is 0.415. The first-order valence-corrected chi connectivity index (χ1v) is 11.5. The molecule has 0 spiro atoms. The lowest BCUT2D eigenvalue weighted by Gasteiger charge is -2.22. The van der Waals surface area contributed by atoms with E-state index in [1.807, 2.05) is 24.3 Å². The fraction of sp³-hybridized carbons (Fsp3) is 0.222. The topological polar surface area (TPSA) is 94.9 Å². The summed E-state index contributed by atoms with van der Waals surface area (Å²) in [6.45, 7) is -0.0906. The maximum Gasteiger partial charge on any atom is 0.309 e. The monoisotopic (exact) mass is 495 g/mol. The molecule has 8 heteroatoms. The number of rotatable bonds is 9. The van der Waals surface area contributed by atoms with Gasteiger partial charge in [-0.3, -0.25) is 19.3 Å². The second kappa shape index (κ2) is 10.4. The van der Waals surface area contributed by atoms with E-state index in [-0.39, 0.29) is 24.4 Å². The molecule has 3 aromatic rings. The van der Waals surface area contributed by atoms with Crippen LogP contribution in [-0.4, -0.2) is 45.5 Å². The van der Waals surface area contributed by atoms with E-state index < -0.39 is 35.6 Å². The lowest BCUT2D eigenvalue weighted by atomic mass is 9.93. The second-order valence-corrected chi connectivity index (χ2v) is 8.88. The van der Waals surface area contributed by atoms with Gasteiger partial charge in [0.2, 0.25) is 0 Å². The van der Waals surface area contributed by atoms with Crippen LogP contribution in [0.1, 0.15) is 39.1 Å². The highest BCUT2D eigenvalue weighted by molar-refractivity contribution is 6.30. The van der Waals surface area contributed by atoms with Gasteiger partial charge in [-0.1, -0.05) is 54.1 Å². The number of aliphatic hydroxyl groups is 1. The molecular formula is C27H23ClFNO5. The van der Waals surface area contributed by atoms with E-state index in [0.717, 1.165) is 16.0 Å².